The number of nitrogens with two attached hydrogens (primary N) is 1. The predicted octanol–water partition coefficient (Wildman–Crippen LogP) is 3.17. The van der Waals surface area contributed by atoms with Crippen LogP contribution in [-0.4, -0.2) is 29.8 Å². The van der Waals surface area contributed by atoms with Crippen molar-refractivity contribution in [1.29, 1.82) is 0 Å². The maximum Gasteiger partial charge on any atom is 0.273 e. The Labute approximate surface area is 150 Å². The summed E-state index contributed by atoms with van der Waals surface area (Å²) >= 11 is 0. The van der Waals surface area contributed by atoms with E-state index < -0.39 is 5.82 Å². The van der Waals surface area contributed by atoms with E-state index in [9.17, 15) is 9.18 Å². The number of anilines is 1. The Morgan fingerprint density at radius 3 is 2.65 bits per heavy atom. The minimum atomic E-state index is -0.474. The molecule has 3 aromatic rings. The number of nitrogen functional groups attached to an aromatic ring is 1. The third-order valence-electron chi connectivity index (χ3n) is 4.04. The van der Waals surface area contributed by atoms with Gasteiger partial charge in [0.25, 0.3) is 5.91 Å². The molecule has 0 radical (unpaired) electrons. The topological polar surface area (TPSA) is 90.1 Å². The van der Waals surface area contributed by atoms with Gasteiger partial charge in [-0.3, -0.25) is 4.79 Å². The number of amides is 1. The van der Waals surface area contributed by atoms with Crippen molar-refractivity contribution < 1.29 is 13.9 Å². The first kappa shape index (κ1) is 17.6. The molecule has 7 heteroatoms. The fourth-order valence-electron chi connectivity index (χ4n) is 2.79. The fraction of sp³-hybridized carbons (Fsp3) is 0.211. The second kappa shape index (κ2) is 7.35. The Balaban J connectivity index is 2.18. The van der Waals surface area contributed by atoms with Crippen LogP contribution in [0.25, 0.3) is 22.0 Å². The Kier molecular flexibility index (Phi) is 4.97. The quantitative estimate of drug-likeness (QED) is 0.734. The minimum Gasteiger partial charge on any atom is -0.493 e. The molecule has 0 bridgehead atoms. The van der Waals surface area contributed by atoms with Crippen LogP contribution in [0.15, 0.2) is 36.4 Å². The first-order valence-electron chi connectivity index (χ1n) is 8.24. The summed E-state index contributed by atoms with van der Waals surface area (Å²) in [4.78, 5) is 12.2. The van der Waals surface area contributed by atoms with Gasteiger partial charge in [0.15, 0.2) is 17.3 Å². The first-order chi connectivity index (χ1) is 12.6. The van der Waals surface area contributed by atoms with Crippen molar-refractivity contribution in [3.8, 4) is 16.9 Å². The number of para-hydroxylation sites is 1. The summed E-state index contributed by atoms with van der Waals surface area (Å²) in [6, 6.07) is 9.96. The van der Waals surface area contributed by atoms with Gasteiger partial charge in [-0.05, 0) is 12.5 Å². The third kappa shape index (κ3) is 3.03. The molecule has 1 amide bonds. The molecule has 3 N–H and O–H groups in total. The average molecular weight is 354 g/mol. The summed E-state index contributed by atoms with van der Waals surface area (Å²) < 4.78 is 19.3. The fourth-order valence-corrected chi connectivity index (χ4v) is 2.79. The van der Waals surface area contributed by atoms with Gasteiger partial charge in [0.05, 0.1) is 12.8 Å². The van der Waals surface area contributed by atoms with E-state index in [1.165, 1.54) is 13.2 Å². The van der Waals surface area contributed by atoms with Crippen LogP contribution in [0, 0.1) is 5.82 Å². The highest BCUT2D eigenvalue weighted by molar-refractivity contribution is 6.07. The Morgan fingerprint density at radius 1 is 1.19 bits per heavy atom. The van der Waals surface area contributed by atoms with Gasteiger partial charge in [0.2, 0.25) is 0 Å². The minimum absolute atomic E-state index is 0.0781. The van der Waals surface area contributed by atoms with E-state index in [4.69, 9.17) is 10.5 Å². The molecular formula is C19H19FN4O2. The molecular weight excluding hydrogens is 335 g/mol. The van der Waals surface area contributed by atoms with Crippen molar-refractivity contribution in [2.45, 2.75) is 13.3 Å². The van der Waals surface area contributed by atoms with Crippen LogP contribution in [0.3, 0.4) is 0 Å². The van der Waals surface area contributed by atoms with Crippen LogP contribution in [0.5, 0.6) is 5.75 Å². The lowest BCUT2D eigenvalue weighted by Gasteiger charge is -2.13. The Bertz CT molecular complexity index is 975. The van der Waals surface area contributed by atoms with Crippen molar-refractivity contribution >= 4 is 22.5 Å². The van der Waals surface area contributed by atoms with E-state index in [1.807, 2.05) is 6.92 Å². The molecule has 134 valence electrons. The highest BCUT2D eigenvalue weighted by atomic mass is 19.1. The molecule has 0 aliphatic rings. The molecule has 3 rings (SSSR count). The molecule has 0 saturated heterocycles. The van der Waals surface area contributed by atoms with Gasteiger partial charge in [-0.25, -0.2) is 4.39 Å². The number of nitrogens with zero attached hydrogens (tertiary/aromatic N) is 2. The van der Waals surface area contributed by atoms with Gasteiger partial charge < -0.3 is 15.8 Å². The largest absolute Gasteiger partial charge is 0.493 e. The second-order valence-corrected chi connectivity index (χ2v) is 5.74. The number of methoxy groups -OCH3 is 1. The predicted molar refractivity (Wildman–Crippen MR) is 98.5 cm³/mol. The summed E-state index contributed by atoms with van der Waals surface area (Å²) in [5.74, 6) is -0.726. The molecule has 26 heavy (non-hydrogen) atoms. The van der Waals surface area contributed by atoms with Crippen LogP contribution in [0.4, 0.5) is 10.1 Å². The van der Waals surface area contributed by atoms with Crippen LogP contribution in [0.1, 0.15) is 23.8 Å². The van der Waals surface area contributed by atoms with Gasteiger partial charge >= 0.3 is 0 Å². The smallest absolute Gasteiger partial charge is 0.273 e. The summed E-state index contributed by atoms with van der Waals surface area (Å²) in [5, 5.41) is 11.5. The molecule has 1 aromatic heterocycles. The molecule has 6 nitrogen and oxygen atoms in total. The number of rotatable bonds is 5. The molecule has 1 heterocycles. The van der Waals surface area contributed by atoms with E-state index in [0.717, 1.165) is 6.42 Å². The molecule has 0 spiro atoms. The SMILES string of the molecule is CCCNC(=O)c1nnc2c(-c3cccc(F)c3OC)cccc2c1N. The van der Waals surface area contributed by atoms with Gasteiger partial charge in [0.1, 0.15) is 5.52 Å². The summed E-state index contributed by atoms with van der Waals surface area (Å²) in [6.07, 6.45) is 0.802. The van der Waals surface area contributed by atoms with Gasteiger partial charge in [0, 0.05) is 23.1 Å². The van der Waals surface area contributed by atoms with E-state index in [0.29, 0.717) is 28.6 Å². The molecule has 0 unspecified atom stereocenters. The first-order valence-corrected chi connectivity index (χ1v) is 8.24. The Morgan fingerprint density at radius 2 is 1.92 bits per heavy atom. The van der Waals surface area contributed by atoms with Gasteiger partial charge in [-0.2, -0.15) is 0 Å². The number of nitrogens with one attached hydrogen (secondary N) is 1. The van der Waals surface area contributed by atoms with Crippen LogP contribution in [0.2, 0.25) is 0 Å². The maximum absolute atomic E-state index is 14.1. The van der Waals surface area contributed by atoms with Crippen molar-refractivity contribution in [2.24, 2.45) is 0 Å². The molecule has 0 aliphatic carbocycles. The number of hydrogen-bond acceptors (Lipinski definition) is 5. The van der Waals surface area contributed by atoms with E-state index in [1.54, 1.807) is 30.3 Å². The molecule has 0 saturated carbocycles. The van der Waals surface area contributed by atoms with E-state index >= 15 is 0 Å². The molecule has 0 fully saturated rings. The number of ether oxygens (including phenoxy) is 1. The number of benzene rings is 2. The lowest BCUT2D eigenvalue weighted by molar-refractivity contribution is 0.0949. The van der Waals surface area contributed by atoms with Crippen molar-refractivity contribution in [2.75, 3.05) is 19.4 Å². The second-order valence-electron chi connectivity index (χ2n) is 5.74. The van der Waals surface area contributed by atoms with Crippen LogP contribution >= 0.6 is 0 Å². The zero-order valence-electron chi connectivity index (χ0n) is 14.5. The summed E-state index contributed by atoms with van der Waals surface area (Å²) in [7, 11) is 1.41. The third-order valence-corrected chi connectivity index (χ3v) is 4.04. The van der Waals surface area contributed by atoms with Crippen molar-refractivity contribution in [3.63, 3.8) is 0 Å². The van der Waals surface area contributed by atoms with E-state index in [-0.39, 0.29) is 23.0 Å². The number of halogens is 1. The van der Waals surface area contributed by atoms with Crippen LogP contribution < -0.4 is 15.8 Å². The van der Waals surface area contributed by atoms with Crippen molar-refractivity contribution in [3.05, 3.63) is 47.9 Å². The monoisotopic (exact) mass is 354 g/mol. The van der Waals surface area contributed by atoms with E-state index in [2.05, 4.69) is 15.5 Å². The highest BCUT2D eigenvalue weighted by Crippen LogP contribution is 2.37. The number of carbonyl (C=O) groups excluding carboxylic acids is 1. The summed E-state index contributed by atoms with van der Waals surface area (Å²) in [5.41, 5.74) is 8.12. The van der Waals surface area contributed by atoms with Gasteiger partial charge in [-0.1, -0.05) is 37.3 Å². The average Bonchev–Trinajstić information content (AvgIpc) is 2.66. The standard InChI is InChI=1S/C19H19FN4O2/c1-3-10-22-19(25)17-15(21)13-8-4-6-11(16(13)23-24-17)12-7-5-9-14(20)18(12)26-2/h4-9H,3,10H2,1-2H3,(H2,21,23)(H,22,25). The number of aromatic nitrogens is 2. The number of carbonyl (C=O) groups is 1. The zero-order valence-corrected chi connectivity index (χ0v) is 14.5. The lowest BCUT2D eigenvalue weighted by atomic mass is 10.00. The lowest BCUT2D eigenvalue weighted by Crippen LogP contribution is -2.26. The molecule has 0 aliphatic heterocycles. The normalized spacial score (nSPS) is 10.7. The Hall–Kier alpha value is -3.22. The highest BCUT2D eigenvalue weighted by Gasteiger charge is 2.19. The van der Waals surface area contributed by atoms with Crippen LogP contribution in [-0.2, 0) is 0 Å². The number of hydrogen-bond donors (Lipinski definition) is 2. The summed E-state index contributed by atoms with van der Waals surface area (Å²) in [6.45, 7) is 2.48. The number of fused-ring (bicyclic) bond motifs is 1. The molecule has 2 aromatic carbocycles. The van der Waals surface area contributed by atoms with Gasteiger partial charge in [-0.15, -0.1) is 10.2 Å². The maximum atomic E-state index is 14.1. The van der Waals surface area contributed by atoms with Crippen molar-refractivity contribution in [1.82, 2.24) is 15.5 Å². The zero-order chi connectivity index (χ0) is 18.7. The molecule has 0 atom stereocenters.